The summed E-state index contributed by atoms with van der Waals surface area (Å²) in [5.74, 6) is 1.65. The second-order valence-electron chi connectivity index (χ2n) is 5.77. The van der Waals surface area contributed by atoms with Gasteiger partial charge in [-0.25, -0.2) is 4.99 Å². The molecule has 0 aromatic carbocycles. The third-order valence-electron chi connectivity index (χ3n) is 2.93. The number of ether oxygens (including phenoxy) is 1. The topological polar surface area (TPSA) is 41.8 Å². The van der Waals surface area contributed by atoms with Crippen LogP contribution in [0.1, 0.15) is 47.5 Å². The lowest BCUT2D eigenvalue weighted by molar-refractivity contribution is -0.0272. The van der Waals surface area contributed by atoms with E-state index in [2.05, 4.69) is 32.7 Å². The monoisotopic (exact) mass is 227 g/mol. The van der Waals surface area contributed by atoms with Gasteiger partial charge in [-0.1, -0.05) is 27.7 Å². The number of aliphatic imine (C=N–C) groups is 1. The van der Waals surface area contributed by atoms with Crippen LogP contribution in [0.15, 0.2) is 4.99 Å². The molecule has 0 fully saturated rings. The molecule has 1 rings (SSSR count). The third-order valence-corrected chi connectivity index (χ3v) is 2.93. The van der Waals surface area contributed by atoms with Gasteiger partial charge in [0.05, 0.1) is 5.60 Å². The first-order valence-electron chi connectivity index (χ1n) is 6.23. The summed E-state index contributed by atoms with van der Waals surface area (Å²) >= 11 is 0. The van der Waals surface area contributed by atoms with Crippen LogP contribution < -0.4 is 0 Å². The number of hydrogen-bond donors (Lipinski definition) is 1. The van der Waals surface area contributed by atoms with Crippen molar-refractivity contribution >= 4 is 5.90 Å². The molecule has 1 aliphatic rings. The maximum absolute atomic E-state index is 10.8. The van der Waals surface area contributed by atoms with Gasteiger partial charge in [0.25, 0.3) is 0 Å². The molecule has 16 heavy (non-hydrogen) atoms. The summed E-state index contributed by atoms with van der Waals surface area (Å²) in [6, 6.07) is -0.0858. The normalized spacial score (nSPS) is 21.5. The third kappa shape index (κ3) is 3.48. The van der Waals surface area contributed by atoms with Crippen molar-refractivity contribution in [3.8, 4) is 0 Å². The Balaban J connectivity index is 2.77. The SMILES string of the molecule is CC1=N[C@H](C(O)(CC(C)C)CC(C)C)CO1. The molecule has 0 bridgehead atoms. The van der Waals surface area contributed by atoms with Gasteiger partial charge in [0, 0.05) is 6.92 Å². The lowest BCUT2D eigenvalue weighted by Gasteiger charge is -2.34. The average Bonchev–Trinajstić information content (AvgIpc) is 2.48. The zero-order valence-corrected chi connectivity index (χ0v) is 11.2. The molecule has 0 aliphatic carbocycles. The highest BCUT2D eigenvalue weighted by atomic mass is 16.5. The molecule has 1 heterocycles. The van der Waals surface area contributed by atoms with E-state index in [1.807, 2.05) is 6.92 Å². The quantitative estimate of drug-likeness (QED) is 0.784. The van der Waals surface area contributed by atoms with Gasteiger partial charge in [0.15, 0.2) is 5.90 Å². The van der Waals surface area contributed by atoms with E-state index in [-0.39, 0.29) is 6.04 Å². The molecule has 0 saturated heterocycles. The molecule has 0 unspecified atom stereocenters. The summed E-state index contributed by atoms with van der Waals surface area (Å²) < 4.78 is 5.36. The number of nitrogens with zero attached hydrogens (tertiary/aromatic N) is 1. The number of hydrogen-bond acceptors (Lipinski definition) is 3. The fraction of sp³-hybridized carbons (Fsp3) is 0.923. The van der Waals surface area contributed by atoms with Crippen molar-refractivity contribution in [2.75, 3.05) is 6.61 Å². The smallest absolute Gasteiger partial charge is 0.180 e. The Labute approximate surface area is 98.9 Å². The molecule has 0 spiro atoms. The van der Waals surface area contributed by atoms with Crippen LogP contribution in [0.4, 0.5) is 0 Å². The van der Waals surface area contributed by atoms with Gasteiger partial charge in [0.2, 0.25) is 0 Å². The Morgan fingerprint density at radius 1 is 1.31 bits per heavy atom. The molecular weight excluding hydrogens is 202 g/mol. The second kappa shape index (κ2) is 5.17. The minimum absolute atomic E-state index is 0.0858. The highest BCUT2D eigenvalue weighted by molar-refractivity contribution is 5.74. The van der Waals surface area contributed by atoms with Crippen molar-refractivity contribution in [3.05, 3.63) is 0 Å². The Morgan fingerprint density at radius 2 is 1.81 bits per heavy atom. The summed E-state index contributed by atoms with van der Waals surface area (Å²) in [4.78, 5) is 4.41. The highest BCUT2D eigenvalue weighted by Gasteiger charge is 2.40. The van der Waals surface area contributed by atoms with E-state index in [9.17, 15) is 5.11 Å². The zero-order valence-electron chi connectivity index (χ0n) is 11.2. The fourth-order valence-electron chi connectivity index (χ4n) is 2.54. The van der Waals surface area contributed by atoms with E-state index in [0.29, 0.717) is 24.3 Å². The van der Waals surface area contributed by atoms with Gasteiger partial charge in [-0.2, -0.15) is 0 Å². The minimum atomic E-state index is -0.708. The summed E-state index contributed by atoms with van der Waals surface area (Å²) in [5.41, 5.74) is -0.708. The largest absolute Gasteiger partial charge is 0.479 e. The van der Waals surface area contributed by atoms with Crippen LogP contribution in [0.3, 0.4) is 0 Å². The standard InChI is InChI=1S/C13H25NO2/c1-9(2)6-13(15,7-10(3)4)12-8-16-11(5)14-12/h9-10,12,15H,6-8H2,1-5H3/t12-/m0/s1. The number of rotatable bonds is 5. The van der Waals surface area contributed by atoms with Crippen LogP contribution >= 0.6 is 0 Å². The maximum atomic E-state index is 10.8. The van der Waals surface area contributed by atoms with Gasteiger partial charge < -0.3 is 9.84 Å². The minimum Gasteiger partial charge on any atom is -0.479 e. The Bertz CT molecular complexity index is 249. The van der Waals surface area contributed by atoms with Gasteiger partial charge in [-0.05, 0) is 24.7 Å². The summed E-state index contributed by atoms with van der Waals surface area (Å²) in [6.07, 6.45) is 1.58. The van der Waals surface area contributed by atoms with E-state index in [1.165, 1.54) is 0 Å². The fourth-order valence-corrected chi connectivity index (χ4v) is 2.54. The van der Waals surface area contributed by atoms with Gasteiger partial charge in [-0.3, -0.25) is 0 Å². The Kier molecular flexibility index (Phi) is 4.36. The molecular formula is C13H25NO2. The lowest BCUT2D eigenvalue weighted by atomic mass is 9.80. The molecule has 3 heteroatoms. The van der Waals surface area contributed by atoms with Gasteiger partial charge in [-0.15, -0.1) is 0 Å². The zero-order chi connectivity index (χ0) is 12.3. The molecule has 1 atom stereocenters. The van der Waals surface area contributed by atoms with Crippen molar-refractivity contribution in [3.63, 3.8) is 0 Å². The van der Waals surface area contributed by atoms with Crippen LogP contribution in [-0.4, -0.2) is 29.3 Å². The molecule has 3 nitrogen and oxygen atoms in total. The Morgan fingerprint density at radius 3 is 2.12 bits per heavy atom. The van der Waals surface area contributed by atoms with E-state index in [4.69, 9.17) is 4.74 Å². The predicted molar refractivity (Wildman–Crippen MR) is 66.7 cm³/mol. The maximum Gasteiger partial charge on any atom is 0.180 e. The van der Waals surface area contributed by atoms with Crippen molar-refractivity contribution in [1.82, 2.24) is 0 Å². The van der Waals surface area contributed by atoms with Crippen LogP contribution in [0.5, 0.6) is 0 Å². The van der Waals surface area contributed by atoms with Crippen LogP contribution in [-0.2, 0) is 4.74 Å². The van der Waals surface area contributed by atoms with Crippen molar-refractivity contribution in [2.24, 2.45) is 16.8 Å². The first-order chi connectivity index (χ1) is 7.33. The van der Waals surface area contributed by atoms with Crippen molar-refractivity contribution in [1.29, 1.82) is 0 Å². The van der Waals surface area contributed by atoms with Gasteiger partial charge >= 0.3 is 0 Å². The molecule has 0 radical (unpaired) electrons. The summed E-state index contributed by atoms with van der Waals surface area (Å²) in [5, 5.41) is 10.8. The second-order valence-corrected chi connectivity index (χ2v) is 5.77. The van der Waals surface area contributed by atoms with Gasteiger partial charge in [0.1, 0.15) is 12.6 Å². The number of aliphatic hydroxyl groups is 1. The van der Waals surface area contributed by atoms with E-state index >= 15 is 0 Å². The molecule has 94 valence electrons. The molecule has 1 N–H and O–H groups in total. The van der Waals surface area contributed by atoms with Crippen LogP contribution in [0, 0.1) is 11.8 Å². The van der Waals surface area contributed by atoms with Crippen molar-refractivity contribution < 1.29 is 9.84 Å². The Hall–Kier alpha value is -0.570. The first-order valence-corrected chi connectivity index (χ1v) is 6.23. The van der Waals surface area contributed by atoms with Crippen LogP contribution in [0.2, 0.25) is 0 Å². The van der Waals surface area contributed by atoms with Crippen LogP contribution in [0.25, 0.3) is 0 Å². The summed E-state index contributed by atoms with van der Waals surface area (Å²) in [6.45, 7) is 10.9. The average molecular weight is 227 g/mol. The summed E-state index contributed by atoms with van der Waals surface area (Å²) in [7, 11) is 0. The lowest BCUT2D eigenvalue weighted by Crippen LogP contribution is -2.44. The molecule has 0 aromatic rings. The van der Waals surface area contributed by atoms with Crippen molar-refractivity contribution in [2.45, 2.75) is 59.1 Å². The van der Waals surface area contributed by atoms with E-state index < -0.39 is 5.60 Å². The molecule has 0 amide bonds. The highest BCUT2D eigenvalue weighted by Crippen LogP contribution is 2.32. The molecule has 0 saturated carbocycles. The van der Waals surface area contributed by atoms with E-state index in [1.54, 1.807) is 0 Å². The first kappa shape index (κ1) is 13.5. The predicted octanol–water partition coefficient (Wildman–Crippen LogP) is 2.63. The molecule has 0 aromatic heterocycles. The molecule has 1 aliphatic heterocycles. The van der Waals surface area contributed by atoms with E-state index in [0.717, 1.165) is 12.8 Å².